The number of methoxy groups -OCH3 is 1. The van der Waals surface area contributed by atoms with Gasteiger partial charge in [-0.25, -0.2) is 0 Å². The number of amides is 1. The van der Waals surface area contributed by atoms with Gasteiger partial charge < -0.3 is 4.74 Å². The molecule has 4 rings (SSSR count). The highest BCUT2D eigenvalue weighted by molar-refractivity contribution is 9.10. The van der Waals surface area contributed by atoms with E-state index in [0.717, 1.165) is 10.0 Å². The van der Waals surface area contributed by atoms with E-state index >= 15 is 0 Å². The number of nitrogens with zero attached hydrogens (tertiary/aromatic N) is 2. The molecule has 0 spiro atoms. The molecule has 7 nitrogen and oxygen atoms in total. The van der Waals surface area contributed by atoms with E-state index in [1.807, 2.05) is 24.3 Å². The van der Waals surface area contributed by atoms with Crippen molar-refractivity contribution in [3.63, 3.8) is 0 Å². The van der Waals surface area contributed by atoms with Crippen LogP contribution in [-0.2, 0) is 9.59 Å². The van der Waals surface area contributed by atoms with Gasteiger partial charge in [0.2, 0.25) is 5.91 Å². The van der Waals surface area contributed by atoms with Gasteiger partial charge in [0.05, 0.1) is 18.1 Å². The van der Waals surface area contributed by atoms with Crippen molar-refractivity contribution >= 4 is 39.0 Å². The van der Waals surface area contributed by atoms with Crippen molar-refractivity contribution in [2.45, 2.75) is 31.6 Å². The molecule has 0 saturated heterocycles. The monoisotopic (exact) mass is 470 g/mol. The Hall–Kier alpha value is -3.00. The molecule has 0 bridgehead atoms. The lowest BCUT2D eigenvalue weighted by Crippen LogP contribution is -2.40. The topological polar surface area (TPSA) is 89.8 Å². The van der Waals surface area contributed by atoms with Crippen molar-refractivity contribution in [2.24, 2.45) is 0 Å². The van der Waals surface area contributed by atoms with Crippen molar-refractivity contribution < 1.29 is 19.2 Å². The van der Waals surface area contributed by atoms with E-state index in [4.69, 9.17) is 4.74 Å². The zero-order chi connectivity index (χ0) is 21.4. The van der Waals surface area contributed by atoms with Gasteiger partial charge in [-0.05, 0) is 42.7 Å². The largest absolute Gasteiger partial charge is 0.496 e. The highest BCUT2D eigenvalue weighted by Crippen LogP contribution is 2.45. The molecule has 154 valence electrons. The summed E-state index contributed by atoms with van der Waals surface area (Å²) in [6.45, 7) is 0. The smallest absolute Gasteiger partial charge is 0.297 e. The second-order valence-corrected chi connectivity index (χ2v) is 8.20. The minimum atomic E-state index is -0.531. The number of ether oxygens (including phenoxy) is 1. The summed E-state index contributed by atoms with van der Waals surface area (Å²) in [7, 11) is 1.42. The number of rotatable bonds is 4. The van der Waals surface area contributed by atoms with Crippen molar-refractivity contribution in [3.05, 3.63) is 73.9 Å². The van der Waals surface area contributed by atoms with Gasteiger partial charge in [0.25, 0.3) is 5.69 Å². The predicted octanol–water partition coefficient (Wildman–Crippen LogP) is 4.89. The normalized spacial score (nSPS) is 19.0. The molecule has 0 radical (unpaired) electrons. The zero-order valence-corrected chi connectivity index (χ0v) is 17.8. The first-order valence-electron chi connectivity index (χ1n) is 9.57. The minimum absolute atomic E-state index is 0.00201. The molecule has 2 aromatic rings. The quantitative estimate of drug-likeness (QED) is 0.468. The van der Waals surface area contributed by atoms with Crippen LogP contribution in [0.3, 0.4) is 0 Å². The average Bonchev–Trinajstić information content (AvgIpc) is 2.73. The fraction of sp³-hybridized carbons (Fsp3) is 0.273. The van der Waals surface area contributed by atoms with Gasteiger partial charge in [-0.15, -0.1) is 0 Å². The molecule has 1 amide bonds. The summed E-state index contributed by atoms with van der Waals surface area (Å²) in [5, 5.41) is 11.7. The number of hydrogen-bond acceptors (Lipinski definition) is 5. The van der Waals surface area contributed by atoms with Gasteiger partial charge in [-0.3, -0.25) is 24.6 Å². The Bertz CT molecular complexity index is 1080. The van der Waals surface area contributed by atoms with Gasteiger partial charge in [-0.2, -0.15) is 0 Å². The van der Waals surface area contributed by atoms with Crippen molar-refractivity contribution in [3.8, 4) is 5.75 Å². The van der Waals surface area contributed by atoms with Gasteiger partial charge in [0.15, 0.2) is 5.78 Å². The van der Waals surface area contributed by atoms with E-state index in [0.29, 0.717) is 36.3 Å². The molecule has 1 aliphatic heterocycles. The van der Waals surface area contributed by atoms with E-state index in [-0.39, 0.29) is 35.4 Å². The van der Waals surface area contributed by atoms with E-state index in [9.17, 15) is 19.7 Å². The van der Waals surface area contributed by atoms with Crippen LogP contribution >= 0.6 is 15.9 Å². The number of nitro groups is 1. The third-order valence-corrected chi connectivity index (χ3v) is 6.10. The number of ketones is 1. The first kappa shape index (κ1) is 20.3. The third-order valence-electron chi connectivity index (χ3n) is 5.57. The molecule has 0 saturated carbocycles. The first-order chi connectivity index (χ1) is 14.4. The Morgan fingerprint density at radius 1 is 1.13 bits per heavy atom. The molecule has 0 fully saturated rings. The Morgan fingerprint density at radius 2 is 1.87 bits per heavy atom. The summed E-state index contributed by atoms with van der Waals surface area (Å²) in [4.78, 5) is 38.7. The van der Waals surface area contributed by atoms with Crippen molar-refractivity contribution in [2.75, 3.05) is 12.0 Å². The molecule has 0 aromatic heterocycles. The van der Waals surface area contributed by atoms with Gasteiger partial charge >= 0.3 is 0 Å². The number of carbonyl (C=O) groups is 2. The van der Waals surface area contributed by atoms with Crippen LogP contribution in [0.15, 0.2) is 58.2 Å². The highest BCUT2D eigenvalue weighted by atomic mass is 79.9. The molecule has 2 aliphatic rings. The predicted molar refractivity (Wildman–Crippen MR) is 115 cm³/mol. The number of Topliss-reactive ketones (excluding diaryl/α,β-unsaturated/α-hetero) is 1. The summed E-state index contributed by atoms with van der Waals surface area (Å²) < 4.78 is 6.01. The number of hydrogen-bond donors (Lipinski definition) is 0. The number of nitro benzene ring substituents is 1. The van der Waals surface area contributed by atoms with Crippen LogP contribution in [-0.4, -0.2) is 23.7 Å². The summed E-state index contributed by atoms with van der Waals surface area (Å²) in [6.07, 6.45) is 1.62. The first-order valence-corrected chi connectivity index (χ1v) is 10.4. The lowest BCUT2D eigenvalue weighted by molar-refractivity contribution is -0.384. The van der Waals surface area contributed by atoms with Crippen LogP contribution in [0.4, 0.5) is 11.4 Å². The molecule has 8 heteroatoms. The van der Waals surface area contributed by atoms with E-state index < -0.39 is 4.92 Å². The third kappa shape index (κ3) is 3.52. The molecular weight excluding hydrogens is 452 g/mol. The number of halogens is 1. The molecule has 1 unspecified atom stereocenters. The number of benzene rings is 2. The number of carbonyl (C=O) groups excluding carboxylic acids is 2. The zero-order valence-electron chi connectivity index (χ0n) is 16.3. The fourth-order valence-electron chi connectivity index (χ4n) is 4.22. The summed E-state index contributed by atoms with van der Waals surface area (Å²) in [6, 6.07) is 12.0. The van der Waals surface area contributed by atoms with Crippen molar-refractivity contribution in [1.82, 2.24) is 0 Å². The molecular formula is C22H19BrN2O5. The van der Waals surface area contributed by atoms with Crippen LogP contribution in [0.2, 0.25) is 0 Å². The molecule has 1 heterocycles. The standard InChI is InChI=1S/C22H19BrN2O5/c1-30-15-9-10-17(19(11-15)25(28)29)24-18-3-2-4-20(26)22(18)16(12-21(24)27)13-5-7-14(23)8-6-13/h5-11,16H,2-4,12H2,1H3. The molecule has 1 atom stereocenters. The fourth-order valence-corrected chi connectivity index (χ4v) is 4.48. The van der Waals surface area contributed by atoms with Gasteiger partial charge in [-0.1, -0.05) is 28.1 Å². The second-order valence-electron chi connectivity index (χ2n) is 7.29. The number of allylic oxidation sites excluding steroid dienone is 2. The lowest BCUT2D eigenvalue weighted by atomic mass is 9.77. The Balaban J connectivity index is 1.89. The van der Waals surface area contributed by atoms with Crippen LogP contribution in [0.1, 0.15) is 37.2 Å². The summed E-state index contributed by atoms with van der Waals surface area (Å²) >= 11 is 3.41. The van der Waals surface area contributed by atoms with E-state index in [1.165, 1.54) is 24.1 Å². The lowest BCUT2D eigenvalue weighted by Gasteiger charge is -2.38. The van der Waals surface area contributed by atoms with Crippen LogP contribution < -0.4 is 9.64 Å². The second kappa shape index (κ2) is 8.02. The van der Waals surface area contributed by atoms with Crippen LogP contribution in [0.25, 0.3) is 0 Å². The van der Waals surface area contributed by atoms with E-state index in [2.05, 4.69) is 15.9 Å². The van der Waals surface area contributed by atoms with Gasteiger partial charge in [0.1, 0.15) is 11.4 Å². The SMILES string of the molecule is COc1ccc(N2C(=O)CC(c3ccc(Br)cc3)C3=C2CCCC3=O)c([N+](=O)[O-])c1. The van der Waals surface area contributed by atoms with E-state index in [1.54, 1.807) is 6.07 Å². The van der Waals surface area contributed by atoms with Crippen LogP contribution in [0, 0.1) is 10.1 Å². The Labute approximate surface area is 181 Å². The average molecular weight is 471 g/mol. The maximum absolute atomic E-state index is 13.3. The Morgan fingerprint density at radius 3 is 2.53 bits per heavy atom. The maximum Gasteiger partial charge on any atom is 0.297 e. The molecule has 1 aliphatic carbocycles. The summed E-state index contributed by atoms with van der Waals surface area (Å²) in [5.74, 6) is -0.277. The maximum atomic E-state index is 13.3. The molecule has 30 heavy (non-hydrogen) atoms. The molecule has 2 aromatic carbocycles. The Kier molecular flexibility index (Phi) is 5.42. The summed E-state index contributed by atoms with van der Waals surface area (Å²) in [5.41, 5.74) is 1.99. The number of anilines is 1. The van der Waals surface area contributed by atoms with Crippen molar-refractivity contribution in [1.29, 1.82) is 0 Å². The minimum Gasteiger partial charge on any atom is -0.496 e. The van der Waals surface area contributed by atoms with Crippen LogP contribution in [0.5, 0.6) is 5.75 Å². The highest BCUT2D eigenvalue weighted by Gasteiger charge is 2.41. The van der Waals surface area contributed by atoms with Gasteiger partial charge in [0, 0.05) is 34.5 Å². The molecule has 0 N–H and O–H groups in total.